The Kier molecular flexibility index (Phi) is 5.46. The van der Waals surface area contributed by atoms with Crippen LogP contribution >= 0.6 is 15.9 Å². The average molecular weight is 324 g/mol. The highest BCUT2D eigenvalue weighted by atomic mass is 79.9. The lowest BCUT2D eigenvalue weighted by Crippen LogP contribution is -2.26. The molecule has 0 aromatic heterocycles. The summed E-state index contributed by atoms with van der Waals surface area (Å²) in [5.74, 6) is 1.07. The van der Waals surface area contributed by atoms with Crippen LogP contribution in [0.3, 0.4) is 0 Å². The van der Waals surface area contributed by atoms with E-state index in [9.17, 15) is 0 Å². The predicted molar refractivity (Wildman–Crippen MR) is 83.2 cm³/mol. The first-order valence-electron chi connectivity index (χ1n) is 7.04. The summed E-state index contributed by atoms with van der Waals surface area (Å²) in [6.07, 6.45) is 5.58. The molecule has 1 atom stereocenters. The Balaban J connectivity index is 2.27. The highest BCUT2D eigenvalue weighted by Gasteiger charge is 2.21. The van der Waals surface area contributed by atoms with Crippen LogP contribution in [0.2, 0.25) is 0 Å². The highest BCUT2D eigenvalue weighted by molar-refractivity contribution is 9.10. The molecule has 1 heterocycles. The van der Waals surface area contributed by atoms with Gasteiger partial charge in [-0.05, 0) is 56.0 Å². The van der Waals surface area contributed by atoms with Crippen molar-refractivity contribution in [3.05, 3.63) is 45.6 Å². The van der Waals surface area contributed by atoms with Crippen molar-refractivity contribution in [3.63, 3.8) is 0 Å². The third-order valence-electron chi connectivity index (χ3n) is 3.31. The number of nitrogens with one attached hydrogen (secondary N) is 1. The van der Waals surface area contributed by atoms with Gasteiger partial charge in [-0.15, -0.1) is 0 Å². The summed E-state index contributed by atoms with van der Waals surface area (Å²) in [5.41, 5.74) is 2.52. The van der Waals surface area contributed by atoms with Crippen LogP contribution in [0.25, 0.3) is 0 Å². The summed E-state index contributed by atoms with van der Waals surface area (Å²) in [6, 6.07) is 6.67. The number of rotatable bonds is 5. The number of ether oxygens (including phenoxy) is 1. The molecule has 3 heteroatoms. The van der Waals surface area contributed by atoms with Gasteiger partial charge in [0.05, 0.1) is 12.6 Å². The maximum absolute atomic E-state index is 5.85. The molecule has 0 amide bonds. The summed E-state index contributed by atoms with van der Waals surface area (Å²) >= 11 is 3.68. The lowest BCUT2D eigenvalue weighted by Gasteiger charge is -2.26. The molecule has 1 aromatic carbocycles. The predicted octanol–water partition coefficient (Wildman–Crippen LogP) is 4.49. The smallest absolute Gasteiger partial charge is 0.113 e. The topological polar surface area (TPSA) is 21.3 Å². The van der Waals surface area contributed by atoms with Gasteiger partial charge in [0.25, 0.3) is 0 Å². The molecule has 0 fully saturated rings. The zero-order valence-electron chi connectivity index (χ0n) is 11.7. The van der Waals surface area contributed by atoms with Crippen molar-refractivity contribution in [1.29, 1.82) is 0 Å². The fourth-order valence-corrected chi connectivity index (χ4v) is 3.02. The second kappa shape index (κ2) is 7.11. The maximum atomic E-state index is 5.85. The number of allylic oxidation sites excluding steroid dienone is 1. The van der Waals surface area contributed by atoms with Gasteiger partial charge in [0, 0.05) is 4.47 Å². The second-order valence-electron chi connectivity index (χ2n) is 5.01. The van der Waals surface area contributed by atoms with E-state index in [1.165, 1.54) is 11.1 Å². The minimum absolute atomic E-state index is 0.162. The Morgan fingerprint density at radius 1 is 1.42 bits per heavy atom. The SMILES string of the molecule is CCCNC(C1=CCCCO1)c1ccc(C)cc1Br. The third-order valence-corrected chi connectivity index (χ3v) is 4.00. The molecule has 0 spiro atoms. The molecule has 2 nitrogen and oxygen atoms in total. The molecular formula is C16H22BrNO. The zero-order valence-corrected chi connectivity index (χ0v) is 13.3. The summed E-state index contributed by atoms with van der Waals surface area (Å²) in [6.45, 7) is 6.12. The molecule has 1 unspecified atom stereocenters. The number of benzene rings is 1. The lowest BCUT2D eigenvalue weighted by atomic mass is 10.0. The van der Waals surface area contributed by atoms with Gasteiger partial charge in [-0.3, -0.25) is 0 Å². The van der Waals surface area contributed by atoms with Crippen LogP contribution in [-0.2, 0) is 4.74 Å². The molecule has 1 aliphatic heterocycles. The minimum atomic E-state index is 0.162. The van der Waals surface area contributed by atoms with E-state index in [1.807, 2.05) is 0 Å². The van der Waals surface area contributed by atoms with Crippen molar-refractivity contribution in [2.75, 3.05) is 13.2 Å². The quantitative estimate of drug-likeness (QED) is 0.861. The van der Waals surface area contributed by atoms with Crippen LogP contribution < -0.4 is 5.32 Å². The second-order valence-corrected chi connectivity index (χ2v) is 5.86. The van der Waals surface area contributed by atoms with Crippen LogP contribution in [0.15, 0.2) is 34.5 Å². The average Bonchev–Trinajstić information content (AvgIpc) is 2.42. The minimum Gasteiger partial charge on any atom is -0.496 e. The molecule has 0 bridgehead atoms. The standard InChI is InChI=1S/C16H22BrNO/c1-3-9-18-16(15-6-4-5-10-19-15)13-8-7-12(2)11-14(13)17/h6-8,11,16,18H,3-5,9-10H2,1-2H3. The molecule has 0 saturated carbocycles. The molecule has 0 radical (unpaired) electrons. The number of halogens is 1. The largest absolute Gasteiger partial charge is 0.496 e. The zero-order chi connectivity index (χ0) is 13.7. The molecule has 1 N–H and O–H groups in total. The summed E-state index contributed by atoms with van der Waals surface area (Å²) < 4.78 is 7.00. The van der Waals surface area contributed by atoms with Crippen molar-refractivity contribution in [1.82, 2.24) is 5.32 Å². The van der Waals surface area contributed by atoms with Gasteiger partial charge >= 0.3 is 0 Å². The first-order valence-corrected chi connectivity index (χ1v) is 7.84. The monoisotopic (exact) mass is 323 g/mol. The Hall–Kier alpha value is -0.800. The van der Waals surface area contributed by atoms with E-state index < -0.39 is 0 Å². The first-order chi connectivity index (χ1) is 9.22. The van der Waals surface area contributed by atoms with Crippen LogP contribution in [0.1, 0.15) is 43.4 Å². The molecule has 0 saturated heterocycles. The number of hydrogen-bond donors (Lipinski definition) is 1. The van der Waals surface area contributed by atoms with Crippen LogP contribution in [-0.4, -0.2) is 13.2 Å². The van der Waals surface area contributed by atoms with Crippen LogP contribution in [0.5, 0.6) is 0 Å². The lowest BCUT2D eigenvalue weighted by molar-refractivity contribution is 0.167. The van der Waals surface area contributed by atoms with E-state index >= 15 is 0 Å². The van der Waals surface area contributed by atoms with Gasteiger partial charge in [0.2, 0.25) is 0 Å². The normalized spacial score (nSPS) is 16.7. The van der Waals surface area contributed by atoms with Gasteiger partial charge in [-0.25, -0.2) is 0 Å². The van der Waals surface area contributed by atoms with Crippen molar-refractivity contribution in [2.45, 2.75) is 39.2 Å². The Bertz CT molecular complexity index is 456. The highest BCUT2D eigenvalue weighted by Crippen LogP contribution is 2.31. The van der Waals surface area contributed by atoms with Crippen molar-refractivity contribution >= 4 is 15.9 Å². The molecule has 0 aliphatic carbocycles. The fourth-order valence-electron chi connectivity index (χ4n) is 2.30. The van der Waals surface area contributed by atoms with Crippen molar-refractivity contribution in [2.24, 2.45) is 0 Å². The van der Waals surface area contributed by atoms with E-state index in [0.717, 1.165) is 42.6 Å². The fraction of sp³-hybridized carbons (Fsp3) is 0.500. The van der Waals surface area contributed by atoms with E-state index in [-0.39, 0.29) is 6.04 Å². The van der Waals surface area contributed by atoms with Gasteiger partial charge in [-0.1, -0.05) is 35.0 Å². The third kappa shape index (κ3) is 3.83. The van der Waals surface area contributed by atoms with E-state index in [4.69, 9.17) is 4.74 Å². The molecule has 104 valence electrons. The molecular weight excluding hydrogens is 302 g/mol. The molecule has 19 heavy (non-hydrogen) atoms. The Morgan fingerprint density at radius 2 is 2.26 bits per heavy atom. The Labute approximate surface area is 124 Å². The Morgan fingerprint density at radius 3 is 2.89 bits per heavy atom. The van der Waals surface area contributed by atoms with Gasteiger partial charge in [0.1, 0.15) is 5.76 Å². The number of hydrogen-bond acceptors (Lipinski definition) is 2. The first kappa shape index (κ1) is 14.6. The maximum Gasteiger partial charge on any atom is 0.113 e. The molecule has 1 aromatic rings. The van der Waals surface area contributed by atoms with Crippen LogP contribution in [0, 0.1) is 6.92 Å². The van der Waals surface area contributed by atoms with E-state index in [0.29, 0.717) is 0 Å². The molecule has 1 aliphatic rings. The van der Waals surface area contributed by atoms with Gasteiger partial charge in [-0.2, -0.15) is 0 Å². The summed E-state index contributed by atoms with van der Waals surface area (Å²) in [5, 5.41) is 3.59. The summed E-state index contributed by atoms with van der Waals surface area (Å²) in [7, 11) is 0. The van der Waals surface area contributed by atoms with Gasteiger partial charge in [0.15, 0.2) is 0 Å². The number of aryl methyl sites for hydroxylation is 1. The van der Waals surface area contributed by atoms with Gasteiger partial charge < -0.3 is 10.1 Å². The van der Waals surface area contributed by atoms with Crippen molar-refractivity contribution in [3.8, 4) is 0 Å². The van der Waals surface area contributed by atoms with E-state index in [2.05, 4.69) is 59.4 Å². The molecule has 2 rings (SSSR count). The van der Waals surface area contributed by atoms with Crippen molar-refractivity contribution < 1.29 is 4.74 Å². The van der Waals surface area contributed by atoms with Crippen LogP contribution in [0.4, 0.5) is 0 Å². The van der Waals surface area contributed by atoms with E-state index in [1.54, 1.807) is 0 Å². The summed E-state index contributed by atoms with van der Waals surface area (Å²) in [4.78, 5) is 0.